The lowest BCUT2D eigenvalue weighted by Crippen LogP contribution is -2.55. The number of hydrogen-bond acceptors (Lipinski definition) is 8. The monoisotopic (exact) mass is 719 g/mol. The van der Waals surface area contributed by atoms with E-state index in [0.29, 0.717) is 25.2 Å². The molecule has 1 aromatic carbocycles. The van der Waals surface area contributed by atoms with Crippen molar-refractivity contribution in [3.63, 3.8) is 0 Å². The fraction of sp³-hybridized carbons (Fsp3) is 0.744. The highest BCUT2D eigenvalue weighted by Crippen LogP contribution is 2.29. The van der Waals surface area contributed by atoms with Crippen molar-refractivity contribution in [2.45, 2.75) is 117 Å². The van der Waals surface area contributed by atoms with Crippen LogP contribution in [0.15, 0.2) is 24.3 Å². The summed E-state index contributed by atoms with van der Waals surface area (Å²) in [7, 11) is 8.54. The fourth-order valence-electron chi connectivity index (χ4n) is 7.09. The van der Waals surface area contributed by atoms with Gasteiger partial charge < -0.3 is 35.6 Å². The van der Waals surface area contributed by atoms with Crippen molar-refractivity contribution in [1.29, 1.82) is 0 Å². The summed E-state index contributed by atoms with van der Waals surface area (Å²) in [5, 5.41) is 5.82. The summed E-state index contributed by atoms with van der Waals surface area (Å²) < 4.78 is 11.8. The topological polar surface area (TPSA) is 147 Å². The molecule has 1 aliphatic heterocycles. The number of rotatable bonds is 19. The van der Waals surface area contributed by atoms with E-state index in [2.05, 4.69) is 24.5 Å². The molecule has 7 unspecified atom stereocenters. The number of amides is 4. The zero-order valence-corrected chi connectivity index (χ0v) is 33.7. The maximum Gasteiger partial charge on any atom is 0.242 e. The minimum Gasteiger partial charge on any atom is -0.399 e. The first kappa shape index (κ1) is 45.8. The van der Waals surface area contributed by atoms with E-state index in [-0.39, 0.29) is 60.5 Å². The van der Waals surface area contributed by atoms with Crippen molar-refractivity contribution in [2.24, 2.45) is 17.8 Å². The number of carbonyl (C=O) groups excluding carboxylic acids is 4. The molecule has 1 aliphatic rings. The number of likely N-dealkylation sites (tertiary alicyclic amines) is 1. The van der Waals surface area contributed by atoms with Gasteiger partial charge in [0.05, 0.1) is 49.2 Å². The number of likely N-dealkylation sites (N-methyl/N-ethyl adjacent to an activating group) is 2. The van der Waals surface area contributed by atoms with E-state index in [4.69, 9.17) is 15.2 Å². The van der Waals surface area contributed by atoms with E-state index in [1.165, 1.54) is 6.42 Å². The van der Waals surface area contributed by atoms with Gasteiger partial charge in [-0.15, -0.1) is 0 Å². The van der Waals surface area contributed by atoms with Crippen LogP contribution in [0.3, 0.4) is 0 Å². The van der Waals surface area contributed by atoms with E-state index in [9.17, 15) is 19.2 Å². The Morgan fingerprint density at radius 1 is 0.961 bits per heavy atom. The van der Waals surface area contributed by atoms with Crippen LogP contribution in [0.4, 0.5) is 5.69 Å². The molecule has 0 aliphatic carbocycles. The molecule has 0 saturated carbocycles. The van der Waals surface area contributed by atoms with E-state index < -0.39 is 24.2 Å². The minimum atomic E-state index is -0.573. The van der Waals surface area contributed by atoms with Crippen LogP contribution in [-0.4, -0.2) is 124 Å². The van der Waals surface area contributed by atoms with Crippen LogP contribution < -0.4 is 16.4 Å². The molecule has 4 amide bonds. The van der Waals surface area contributed by atoms with Gasteiger partial charge in [-0.05, 0) is 56.8 Å². The van der Waals surface area contributed by atoms with Crippen molar-refractivity contribution < 1.29 is 28.7 Å². The number of carbonyl (C=O) groups is 4. The molecule has 0 aromatic heterocycles. The molecule has 0 bridgehead atoms. The molecule has 0 radical (unpaired) electrons. The van der Waals surface area contributed by atoms with Gasteiger partial charge in [0.2, 0.25) is 23.6 Å². The van der Waals surface area contributed by atoms with Gasteiger partial charge in [0.1, 0.15) is 0 Å². The lowest BCUT2D eigenvalue weighted by atomic mass is 9.90. The van der Waals surface area contributed by atoms with Gasteiger partial charge in [0.25, 0.3) is 0 Å². The van der Waals surface area contributed by atoms with Crippen molar-refractivity contribution >= 4 is 29.3 Å². The molecular weight excluding hydrogens is 648 g/mol. The number of nitrogens with one attached hydrogen (secondary N) is 2. The highest BCUT2D eigenvalue weighted by atomic mass is 16.5. The SMILES string of the molecule is CCC.CCC(C)C(C(CC(=O)N1CCCC1C(OC)C(C)C(=O)NCCc1ccccc1N)OC)N(C)C(=O)CNC(=O)C(C(C)C)N(C)C. The lowest BCUT2D eigenvalue weighted by Gasteiger charge is -2.39. The number of anilines is 1. The third kappa shape index (κ3) is 13.7. The van der Waals surface area contributed by atoms with Crippen LogP contribution in [0.5, 0.6) is 0 Å². The number of methoxy groups -OCH3 is 2. The van der Waals surface area contributed by atoms with Gasteiger partial charge >= 0.3 is 0 Å². The third-order valence-corrected chi connectivity index (χ3v) is 9.92. The zero-order valence-electron chi connectivity index (χ0n) is 33.7. The lowest BCUT2D eigenvalue weighted by molar-refractivity contribution is -0.145. The van der Waals surface area contributed by atoms with Gasteiger partial charge in [-0.25, -0.2) is 0 Å². The summed E-state index contributed by atoms with van der Waals surface area (Å²) in [5.41, 5.74) is 7.72. The molecule has 12 heteroatoms. The molecule has 1 saturated heterocycles. The highest BCUT2D eigenvalue weighted by Gasteiger charge is 2.42. The molecule has 7 atom stereocenters. The van der Waals surface area contributed by atoms with Gasteiger partial charge in [-0.3, -0.25) is 24.1 Å². The molecule has 51 heavy (non-hydrogen) atoms. The van der Waals surface area contributed by atoms with Crippen LogP contribution >= 0.6 is 0 Å². The summed E-state index contributed by atoms with van der Waals surface area (Å²) in [6.45, 7) is 14.9. The minimum absolute atomic E-state index is 0.0219. The van der Waals surface area contributed by atoms with E-state index in [1.54, 1.807) is 26.2 Å². The predicted octanol–water partition coefficient (Wildman–Crippen LogP) is 3.97. The first-order valence-corrected chi connectivity index (χ1v) is 18.8. The number of hydrogen-bond donors (Lipinski definition) is 3. The van der Waals surface area contributed by atoms with Crippen molar-refractivity contribution in [1.82, 2.24) is 25.3 Å². The number of nitrogen functional groups attached to an aromatic ring is 1. The first-order valence-electron chi connectivity index (χ1n) is 18.8. The van der Waals surface area contributed by atoms with Gasteiger partial charge in [0.15, 0.2) is 0 Å². The van der Waals surface area contributed by atoms with E-state index >= 15 is 0 Å². The summed E-state index contributed by atoms with van der Waals surface area (Å²) in [5.74, 6) is -1.09. The van der Waals surface area contributed by atoms with E-state index in [0.717, 1.165) is 24.8 Å². The zero-order chi connectivity index (χ0) is 38.8. The fourth-order valence-corrected chi connectivity index (χ4v) is 7.09. The molecule has 12 nitrogen and oxygen atoms in total. The van der Waals surface area contributed by atoms with Gasteiger partial charge in [0, 0.05) is 40.0 Å². The Hall–Kier alpha value is -3.22. The van der Waals surface area contributed by atoms with Crippen LogP contribution in [0.25, 0.3) is 0 Å². The Morgan fingerprint density at radius 3 is 2.12 bits per heavy atom. The number of nitrogens with two attached hydrogens (primary N) is 1. The van der Waals surface area contributed by atoms with Crippen molar-refractivity contribution in [3.8, 4) is 0 Å². The first-order chi connectivity index (χ1) is 24.1. The highest BCUT2D eigenvalue weighted by molar-refractivity contribution is 5.87. The number of ether oxygens (including phenoxy) is 2. The normalized spacial score (nSPS) is 17.8. The maximum absolute atomic E-state index is 13.9. The van der Waals surface area contributed by atoms with Crippen molar-refractivity contribution in [2.75, 3.05) is 60.7 Å². The van der Waals surface area contributed by atoms with E-state index in [1.807, 2.05) is 82.8 Å². The number of nitrogens with zero attached hydrogens (tertiary/aromatic N) is 3. The van der Waals surface area contributed by atoms with Crippen LogP contribution in [-0.2, 0) is 35.1 Å². The third-order valence-electron chi connectivity index (χ3n) is 9.92. The maximum atomic E-state index is 13.9. The van der Waals surface area contributed by atoms with Crippen molar-refractivity contribution in [3.05, 3.63) is 29.8 Å². The summed E-state index contributed by atoms with van der Waals surface area (Å²) in [6, 6.07) is 6.57. The van der Waals surface area contributed by atoms with Gasteiger partial charge in [-0.1, -0.05) is 79.5 Å². The van der Waals surface area contributed by atoms with Crippen LogP contribution in [0.2, 0.25) is 0 Å². The second kappa shape index (κ2) is 23.4. The Kier molecular flexibility index (Phi) is 21.0. The Balaban J connectivity index is 0.00000418. The molecule has 2 rings (SSSR count). The summed E-state index contributed by atoms with van der Waals surface area (Å²) >= 11 is 0. The smallest absolute Gasteiger partial charge is 0.242 e. The molecule has 0 spiro atoms. The van der Waals surface area contributed by atoms with Crippen LogP contribution in [0.1, 0.15) is 86.1 Å². The average molecular weight is 719 g/mol. The second-order valence-electron chi connectivity index (χ2n) is 14.5. The number of para-hydroxylation sites is 1. The molecule has 1 fully saturated rings. The second-order valence-corrected chi connectivity index (χ2v) is 14.5. The molecule has 1 heterocycles. The standard InChI is InChI=1S/C36H62N6O6.C3H8/c1-11-24(4)33(41(8)31(44)22-39-36(46)32(23(2)3)40(6)7)29(47-9)21-30(43)42-20-14-17-28(42)34(48-10)25(5)35(45)38-19-18-26-15-12-13-16-27(26)37;1-3-2/h12-13,15-16,23-25,28-29,32-34H,11,14,17-22,37H2,1-10H3,(H,38,45)(H,39,46);3H2,1-2H3. The Bertz CT molecular complexity index is 1200. The Morgan fingerprint density at radius 2 is 1.59 bits per heavy atom. The Labute approximate surface area is 308 Å². The van der Waals surface area contributed by atoms with Crippen LogP contribution in [0, 0.1) is 17.8 Å². The molecule has 4 N–H and O–H groups in total. The summed E-state index contributed by atoms with van der Waals surface area (Å²) in [6.07, 6.45) is 3.15. The molecule has 1 aromatic rings. The molecular formula is C39H70N6O6. The number of benzene rings is 1. The average Bonchev–Trinajstić information content (AvgIpc) is 3.57. The molecule has 292 valence electrons. The largest absolute Gasteiger partial charge is 0.399 e. The predicted molar refractivity (Wildman–Crippen MR) is 205 cm³/mol. The van der Waals surface area contributed by atoms with Gasteiger partial charge in [-0.2, -0.15) is 0 Å². The summed E-state index contributed by atoms with van der Waals surface area (Å²) in [4.78, 5) is 58.7. The quantitative estimate of drug-likeness (QED) is 0.182.